The summed E-state index contributed by atoms with van der Waals surface area (Å²) in [5.74, 6) is 0.644. The lowest BCUT2D eigenvalue weighted by Gasteiger charge is -2.30. The van der Waals surface area contributed by atoms with Crippen LogP contribution in [0, 0.1) is 0 Å². The molecule has 0 radical (unpaired) electrons. The molecule has 0 unspecified atom stereocenters. The minimum Gasteiger partial charge on any atom is -0.348 e. The molecule has 7 heteroatoms. The Bertz CT molecular complexity index is 881. The molecule has 1 aromatic heterocycles. The van der Waals surface area contributed by atoms with Crippen molar-refractivity contribution in [3.8, 4) is 11.3 Å². The van der Waals surface area contributed by atoms with Gasteiger partial charge in [-0.15, -0.1) is 0 Å². The van der Waals surface area contributed by atoms with Gasteiger partial charge in [0.15, 0.2) is 0 Å². The van der Waals surface area contributed by atoms with Crippen LogP contribution in [-0.2, 0) is 11.2 Å². The standard InChI is InChI=1S/C21H27N5O2/c1-5-16-12-18(24-21(23-16)25(2)3)14-7-6-8-15(11-14)20(28)22-17-9-10-19(27)26(4)13-17/h6-8,11-12,17H,5,9-10,13H2,1-4H3,(H,22,28)/t17-/m1/s1. The molecule has 2 heterocycles. The molecule has 1 N–H and O–H groups in total. The number of carbonyl (C=O) groups excluding carboxylic acids is 2. The van der Waals surface area contributed by atoms with Gasteiger partial charge in [-0.05, 0) is 31.0 Å². The molecule has 0 bridgehead atoms. The first-order chi connectivity index (χ1) is 13.4. The molecule has 0 spiro atoms. The van der Waals surface area contributed by atoms with Gasteiger partial charge in [0.2, 0.25) is 11.9 Å². The van der Waals surface area contributed by atoms with E-state index in [1.54, 1.807) is 18.0 Å². The summed E-state index contributed by atoms with van der Waals surface area (Å²) in [6.07, 6.45) is 1.95. The SMILES string of the molecule is CCc1cc(-c2cccc(C(=O)N[C@@H]3CCC(=O)N(C)C3)c2)nc(N(C)C)n1. The highest BCUT2D eigenvalue weighted by Gasteiger charge is 2.24. The molecular weight excluding hydrogens is 354 g/mol. The number of likely N-dealkylation sites (N-methyl/N-ethyl adjacent to an activating group) is 1. The van der Waals surface area contributed by atoms with Gasteiger partial charge in [-0.25, -0.2) is 9.97 Å². The molecule has 0 aliphatic carbocycles. The van der Waals surface area contributed by atoms with Gasteiger partial charge in [0, 0.05) is 57.0 Å². The number of rotatable bonds is 5. The second-order valence-corrected chi connectivity index (χ2v) is 7.36. The molecule has 0 saturated carbocycles. The summed E-state index contributed by atoms with van der Waals surface area (Å²) in [6.45, 7) is 2.60. The molecule has 3 rings (SSSR count). The lowest BCUT2D eigenvalue weighted by atomic mass is 10.0. The number of benzene rings is 1. The van der Waals surface area contributed by atoms with E-state index in [1.165, 1.54) is 0 Å². The summed E-state index contributed by atoms with van der Waals surface area (Å²) >= 11 is 0. The average molecular weight is 381 g/mol. The number of piperidine rings is 1. The summed E-state index contributed by atoms with van der Waals surface area (Å²) in [4.78, 5) is 37.0. The molecule has 28 heavy (non-hydrogen) atoms. The van der Waals surface area contributed by atoms with Gasteiger partial charge in [-0.1, -0.05) is 19.1 Å². The molecule has 1 fully saturated rings. The van der Waals surface area contributed by atoms with Crippen LogP contribution in [0.15, 0.2) is 30.3 Å². The molecular formula is C21H27N5O2. The van der Waals surface area contributed by atoms with Crippen LogP contribution in [0.5, 0.6) is 0 Å². The van der Waals surface area contributed by atoms with E-state index >= 15 is 0 Å². The number of carbonyl (C=O) groups is 2. The first-order valence-corrected chi connectivity index (χ1v) is 9.58. The number of aromatic nitrogens is 2. The first kappa shape index (κ1) is 19.8. The van der Waals surface area contributed by atoms with E-state index in [0.717, 1.165) is 23.4 Å². The van der Waals surface area contributed by atoms with Gasteiger partial charge in [0.1, 0.15) is 0 Å². The zero-order valence-corrected chi connectivity index (χ0v) is 16.9. The second-order valence-electron chi connectivity index (χ2n) is 7.36. The lowest BCUT2D eigenvalue weighted by molar-refractivity contribution is -0.132. The number of likely N-dealkylation sites (tertiary alicyclic amines) is 1. The highest BCUT2D eigenvalue weighted by Crippen LogP contribution is 2.22. The Kier molecular flexibility index (Phi) is 5.92. The number of hydrogen-bond donors (Lipinski definition) is 1. The van der Waals surface area contributed by atoms with E-state index in [9.17, 15) is 9.59 Å². The maximum absolute atomic E-state index is 12.7. The van der Waals surface area contributed by atoms with Crippen molar-refractivity contribution in [3.63, 3.8) is 0 Å². The molecule has 2 amide bonds. The number of hydrogen-bond acceptors (Lipinski definition) is 5. The molecule has 2 aromatic rings. The van der Waals surface area contributed by atoms with Crippen LogP contribution < -0.4 is 10.2 Å². The fourth-order valence-corrected chi connectivity index (χ4v) is 3.23. The van der Waals surface area contributed by atoms with E-state index in [1.807, 2.05) is 43.3 Å². The maximum atomic E-state index is 12.7. The van der Waals surface area contributed by atoms with Crippen molar-refractivity contribution in [3.05, 3.63) is 41.6 Å². The van der Waals surface area contributed by atoms with Crippen molar-refractivity contribution < 1.29 is 9.59 Å². The van der Waals surface area contributed by atoms with Crippen LogP contribution in [0.2, 0.25) is 0 Å². The molecule has 1 aliphatic heterocycles. The summed E-state index contributed by atoms with van der Waals surface area (Å²) in [7, 11) is 5.59. The summed E-state index contributed by atoms with van der Waals surface area (Å²) < 4.78 is 0. The van der Waals surface area contributed by atoms with Gasteiger partial charge in [0.05, 0.1) is 5.69 Å². The van der Waals surface area contributed by atoms with Gasteiger partial charge in [-0.2, -0.15) is 0 Å². The van der Waals surface area contributed by atoms with Crippen LogP contribution in [0.4, 0.5) is 5.95 Å². The highest BCUT2D eigenvalue weighted by molar-refractivity contribution is 5.95. The Labute approximate surface area is 165 Å². The van der Waals surface area contributed by atoms with Crippen molar-refractivity contribution in [2.45, 2.75) is 32.2 Å². The Hall–Kier alpha value is -2.96. The van der Waals surface area contributed by atoms with Crippen LogP contribution >= 0.6 is 0 Å². The quantitative estimate of drug-likeness (QED) is 0.858. The number of nitrogens with one attached hydrogen (secondary N) is 1. The average Bonchev–Trinajstić information content (AvgIpc) is 2.70. The highest BCUT2D eigenvalue weighted by atomic mass is 16.2. The second kappa shape index (κ2) is 8.37. The van der Waals surface area contributed by atoms with Crippen molar-refractivity contribution in [1.29, 1.82) is 0 Å². The van der Waals surface area contributed by atoms with Crippen LogP contribution in [0.3, 0.4) is 0 Å². The largest absolute Gasteiger partial charge is 0.348 e. The maximum Gasteiger partial charge on any atom is 0.251 e. The third-order valence-electron chi connectivity index (χ3n) is 4.91. The predicted molar refractivity (Wildman–Crippen MR) is 109 cm³/mol. The van der Waals surface area contributed by atoms with E-state index in [2.05, 4.69) is 22.2 Å². The van der Waals surface area contributed by atoms with Crippen LogP contribution in [0.1, 0.15) is 35.8 Å². The van der Waals surface area contributed by atoms with E-state index in [0.29, 0.717) is 30.9 Å². The van der Waals surface area contributed by atoms with Crippen LogP contribution in [-0.4, -0.2) is 60.4 Å². The summed E-state index contributed by atoms with van der Waals surface area (Å²) in [6, 6.07) is 9.41. The zero-order valence-electron chi connectivity index (χ0n) is 16.9. The molecule has 1 saturated heterocycles. The Morgan fingerprint density at radius 2 is 2.07 bits per heavy atom. The fraction of sp³-hybridized carbons (Fsp3) is 0.429. The van der Waals surface area contributed by atoms with Crippen molar-refractivity contribution in [1.82, 2.24) is 20.2 Å². The van der Waals surface area contributed by atoms with Gasteiger partial charge < -0.3 is 15.1 Å². The summed E-state index contributed by atoms with van der Waals surface area (Å²) in [5.41, 5.74) is 3.22. The topological polar surface area (TPSA) is 78.4 Å². The number of nitrogens with zero attached hydrogens (tertiary/aromatic N) is 4. The van der Waals surface area contributed by atoms with E-state index in [-0.39, 0.29) is 17.9 Å². The molecule has 148 valence electrons. The molecule has 7 nitrogen and oxygen atoms in total. The molecule has 1 atom stereocenters. The monoisotopic (exact) mass is 381 g/mol. The third kappa shape index (κ3) is 4.47. The Morgan fingerprint density at radius 1 is 1.29 bits per heavy atom. The van der Waals surface area contributed by atoms with Gasteiger partial charge in [-0.3, -0.25) is 9.59 Å². The van der Waals surface area contributed by atoms with E-state index in [4.69, 9.17) is 0 Å². The number of aryl methyl sites for hydroxylation is 1. The number of amides is 2. The predicted octanol–water partition coefficient (Wildman–Crippen LogP) is 2.12. The third-order valence-corrected chi connectivity index (χ3v) is 4.91. The van der Waals surface area contributed by atoms with Crippen LogP contribution in [0.25, 0.3) is 11.3 Å². The Balaban J connectivity index is 1.81. The van der Waals surface area contributed by atoms with Crippen molar-refractivity contribution >= 4 is 17.8 Å². The Morgan fingerprint density at radius 3 is 2.75 bits per heavy atom. The number of anilines is 1. The lowest BCUT2D eigenvalue weighted by Crippen LogP contribution is -2.48. The minimum absolute atomic E-state index is 0.0232. The molecule has 1 aliphatic rings. The normalized spacial score (nSPS) is 16.8. The zero-order chi connectivity index (χ0) is 20.3. The van der Waals surface area contributed by atoms with Crippen molar-refractivity contribution in [2.75, 3.05) is 32.6 Å². The summed E-state index contributed by atoms with van der Waals surface area (Å²) in [5, 5.41) is 3.04. The smallest absolute Gasteiger partial charge is 0.251 e. The minimum atomic E-state index is -0.132. The van der Waals surface area contributed by atoms with E-state index < -0.39 is 0 Å². The van der Waals surface area contributed by atoms with Crippen molar-refractivity contribution in [2.24, 2.45) is 0 Å². The molecule has 1 aromatic carbocycles. The van der Waals surface area contributed by atoms with Gasteiger partial charge >= 0.3 is 0 Å². The first-order valence-electron chi connectivity index (χ1n) is 9.58. The fourth-order valence-electron chi connectivity index (χ4n) is 3.23. The van der Waals surface area contributed by atoms with Gasteiger partial charge in [0.25, 0.3) is 5.91 Å².